The first-order chi connectivity index (χ1) is 13.7. The average molecular weight is 448 g/mol. The van der Waals surface area contributed by atoms with Gasteiger partial charge in [0.05, 0.1) is 22.0 Å². The molecule has 156 valence electrons. The number of hydrazone groups is 1. The van der Waals surface area contributed by atoms with Gasteiger partial charge in [0.15, 0.2) is 0 Å². The van der Waals surface area contributed by atoms with E-state index < -0.39 is 17.6 Å². The summed E-state index contributed by atoms with van der Waals surface area (Å²) in [7, 11) is 0. The average Bonchev–Trinajstić information content (AvgIpc) is 3.29. The van der Waals surface area contributed by atoms with Crippen molar-refractivity contribution in [1.82, 2.24) is 14.9 Å². The van der Waals surface area contributed by atoms with Gasteiger partial charge in [-0.3, -0.25) is 4.79 Å². The van der Waals surface area contributed by atoms with Gasteiger partial charge in [0.25, 0.3) is 5.95 Å². The molecule has 0 atom stereocenters. The molecule has 1 aliphatic carbocycles. The van der Waals surface area contributed by atoms with Crippen molar-refractivity contribution in [2.24, 2.45) is 5.10 Å². The molecule has 3 rings (SSSR count). The summed E-state index contributed by atoms with van der Waals surface area (Å²) in [5.74, 6) is 5.37. The fraction of sp³-hybridized carbons (Fsp3) is 0.375. The number of nitrogens with one attached hydrogen (secondary N) is 2. The molecule has 1 saturated carbocycles. The van der Waals surface area contributed by atoms with Gasteiger partial charge >= 0.3 is 6.18 Å². The van der Waals surface area contributed by atoms with Gasteiger partial charge < -0.3 is 11.2 Å². The summed E-state index contributed by atoms with van der Waals surface area (Å²) in [6.45, 7) is 0. The van der Waals surface area contributed by atoms with Gasteiger partial charge in [-0.25, -0.2) is 10.1 Å². The van der Waals surface area contributed by atoms with E-state index in [0.717, 1.165) is 66.0 Å². The van der Waals surface area contributed by atoms with Crippen LogP contribution in [0.25, 0.3) is 0 Å². The minimum absolute atomic E-state index is 0.00384. The molecule has 29 heavy (non-hydrogen) atoms. The number of rotatable bonds is 6. The Balaban J connectivity index is 1.58. The molecule has 8 nitrogen and oxygen atoms in total. The van der Waals surface area contributed by atoms with Gasteiger partial charge in [-0.15, -0.1) is 10.2 Å². The van der Waals surface area contributed by atoms with Crippen LogP contribution in [0.15, 0.2) is 28.5 Å². The maximum Gasteiger partial charge on any atom is 0.416 e. The first kappa shape index (κ1) is 21.2. The number of nitrogens with two attached hydrogens (primary N) is 1. The lowest BCUT2D eigenvalue weighted by Gasteiger charge is -2.11. The third-order valence-corrected chi connectivity index (χ3v) is 5.33. The van der Waals surface area contributed by atoms with E-state index in [4.69, 9.17) is 17.4 Å². The molecule has 13 heteroatoms. The number of carbonyl (C=O) groups excluding carboxylic acids is 1. The Morgan fingerprint density at radius 1 is 1.31 bits per heavy atom. The molecule has 0 aliphatic heterocycles. The van der Waals surface area contributed by atoms with Crippen molar-refractivity contribution in [1.29, 1.82) is 0 Å². The summed E-state index contributed by atoms with van der Waals surface area (Å²) in [5.41, 5.74) is 2.73. The van der Waals surface area contributed by atoms with E-state index in [1.54, 1.807) is 0 Å². The van der Waals surface area contributed by atoms with E-state index in [-0.39, 0.29) is 27.6 Å². The molecule has 1 aromatic heterocycles. The molecule has 0 unspecified atom stereocenters. The van der Waals surface area contributed by atoms with E-state index in [1.165, 1.54) is 0 Å². The van der Waals surface area contributed by atoms with Crippen molar-refractivity contribution >= 4 is 46.6 Å². The largest absolute Gasteiger partial charge is 0.416 e. The standard InChI is InChI=1S/C16H17ClF3N7OS/c17-11-6-5-9(16(18,19)20)7-12(11)22-13(28)8-29-15-26-25-14(27(15)21)24-23-10-3-1-2-4-10/h5-7H,1-4,8,21H2,(H,22,28)(H,24,25). The molecule has 0 saturated heterocycles. The molecule has 4 N–H and O–H groups in total. The molecule has 0 radical (unpaired) electrons. The third-order valence-electron chi connectivity index (χ3n) is 4.06. The molecule has 1 aliphatic rings. The molecule has 0 bridgehead atoms. The van der Waals surface area contributed by atoms with Crippen LogP contribution in [0.1, 0.15) is 31.2 Å². The fourth-order valence-corrected chi connectivity index (χ4v) is 3.41. The minimum atomic E-state index is -4.54. The van der Waals surface area contributed by atoms with Crippen LogP contribution in [0.5, 0.6) is 0 Å². The SMILES string of the molecule is Nn1c(NN=C2CCCC2)nnc1SCC(=O)Nc1cc(C(F)(F)F)ccc1Cl. The normalized spacial score (nSPS) is 14.1. The number of thioether (sulfide) groups is 1. The van der Waals surface area contributed by atoms with Crippen LogP contribution in [0.4, 0.5) is 24.8 Å². The van der Waals surface area contributed by atoms with Crippen molar-refractivity contribution in [2.75, 3.05) is 22.3 Å². The molecule has 0 spiro atoms. The van der Waals surface area contributed by atoms with Gasteiger partial charge in [0.1, 0.15) is 0 Å². The summed E-state index contributed by atoms with van der Waals surface area (Å²) < 4.78 is 39.6. The summed E-state index contributed by atoms with van der Waals surface area (Å²) >= 11 is 6.84. The van der Waals surface area contributed by atoms with Gasteiger partial charge in [0.2, 0.25) is 11.1 Å². The second-order valence-electron chi connectivity index (χ2n) is 6.20. The quantitative estimate of drug-likeness (QED) is 0.353. The lowest BCUT2D eigenvalue weighted by Crippen LogP contribution is -2.17. The minimum Gasteiger partial charge on any atom is -0.334 e. The highest BCUT2D eigenvalue weighted by atomic mass is 35.5. The zero-order chi connectivity index (χ0) is 21.0. The topological polar surface area (TPSA) is 110 Å². The van der Waals surface area contributed by atoms with E-state index in [1.807, 2.05) is 0 Å². The Hall–Kier alpha value is -2.47. The molecule has 1 heterocycles. The Bertz CT molecular complexity index is 924. The Morgan fingerprint density at radius 3 is 2.72 bits per heavy atom. The fourth-order valence-electron chi connectivity index (χ4n) is 2.59. The van der Waals surface area contributed by atoms with Gasteiger partial charge in [-0.2, -0.15) is 18.3 Å². The maximum atomic E-state index is 12.8. The Labute approximate surface area is 173 Å². The number of benzene rings is 1. The molecule has 1 fully saturated rings. The summed E-state index contributed by atoms with van der Waals surface area (Å²) in [6.07, 6.45) is -0.499. The van der Waals surface area contributed by atoms with Crippen molar-refractivity contribution < 1.29 is 18.0 Å². The predicted molar refractivity (Wildman–Crippen MR) is 106 cm³/mol. The number of hydrogen-bond acceptors (Lipinski definition) is 7. The maximum absolute atomic E-state index is 12.8. The zero-order valence-electron chi connectivity index (χ0n) is 15.0. The van der Waals surface area contributed by atoms with Crippen molar-refractivity contribution in [2.45, 2.75) is 37.0 Å². The van der Waals surface area contributed by atoms with Crippen LogP contribution in [-0.4, -0.2) is 32.2 Å². The zero-order valence-corrected chi connectivity index (χ0v) is 16.5. The monoisotopic (exact) mass is 447 g/mol. The van der Waals surface area contributed by atoms with Crippen LogP contribution in [0.3, 0.4) is 0 Å². The van der Waals surface area contributed by atoms with Gasteiger partial charge in [-0.05, 0) is 43.9 Å². The molecule has 1 aromatic carbocycles. The van der Waals surface area contributed by atoms with Crippen LogP contribution in [0, 0.1) is 0 Å². The summed E-state index contributed by atoms with van der Waals surface area (Å²) in [4.78, 5) is 12.1. The van der Waals surface area contributed by atoms with Gasteiger partial charge in [0, 0.05) is 5.71 Å². The molecule has 2 aromatic rings. The molecular formula is C16H17ClF3N7OS. The first-order valence-corrected chi connectivity index (χ1v) is 9.91. The Morgan fingerprint density at radius 2 is 2.03 bits per heavy atom. The third kappa shape index (κ3) is 5.54. The molecular weight excluding hydrogens is 431 g/mol. The number of carbonyl (C=O) groups is 1. The highest BCUT2D eigenvalue weighted by Crippen LogP contribution is 2.34. The van der Waals surface area contributed by atoms with Crippen LogP contribution >= 0.6 is 23.4 Å². The van der Waals surface area contributed by atoms with Crippen LogP contribution < -0.4 is 16.6 Å². The summed E-state index contributed by atoms with van der Waals surface area (Å²) in [6, 6.07) is 2.70. The smallest absolute Gasteiger partial charge is 0.334 e. The molecule has 1 amide bonds. The lowest BCUT2D eigenvalue weighted by molar-refractivity contribution is -0.137. The number of anilines is 2. The highest BCUT2D eigenvalue weighted by molar-refractivity contribution is 7.99. The van der Waals surface area contributed by atoms with Crippen molar-refractivity contribution in [3.8, 4) is 0 Å². The van der Waals surface area contributed by atoms with E-state index >= 15 is 0 Å². The first-order valence-electron chi connectivity index (χ1n) is 8.55. The number of nitrogens with zero attached hydrogens (tertiary/aromatic N) is 4. The van der Waals surface area contributed by atoms with Crippen molar-refractivity contribution in [3.05, 3.63) is 28.8 Å². The predicted octanol–water partition coefficient (Wildman–Crippen LogP) is 3.74. The van der Waals surface area contributed by atoms with Crippen molar-refractivity contribution in [3.63, 3.8) is 0 Å². The van der Waals surface area contributed by atoms with E-state index in [0.29, 0.717) is 0 Å². The van der Waals surface area contributed by atoms with E-state index in [2.05, 4.69) is 26.0 Å². The van der Waals surface area contributed by atoms with E-state index in [9.17, 15) is 18.0 Å². The highest BCUT2D eigenvalue weighted by Gasteiger charge is 2.31. The lowest BCUT2D eigenvalue weighted by atomic mass is 10.2. The number of amides is 1. The van der Waals surface area contributed by atoms with Crippen LogP contribution in [-0.2, 0) is 11.0 Å². The Kier molecular flexibility index (Phi) is 6.52. The number of halogens is 4. The summed E-state index contributed by atoms with van der Waals surface area (Å²) in [5, 5.41) is 14.5. The van der Waals surface area contributed by atoms with Gasteiger partial charge in [-0.1, -0.05) is 23.4 Å². The second-order valence-corrected chi connectivity index (χ2v) is 7.55. The number of alkyl halides is 3. The van der Waals surface area contributed by atoms with Crippen LogP contribution in [0.2, 0.25) is 5.02 Å². The number of hydrogen-bond donors (Lipinski definition) is 3. The number of aromatic nitrogens is 3. The number of nitrogen functional groups attached to an aromatic ring is 1. The second kappa shape index (κ2) is 8.91.